The summed E-state index contributed by atoms with van der Waals surface area (Å²) in [6.45, 7) is 1.31. The molecule has 76 valence electrons. The molecule has 3 nitrogen and oxygen atoms in total. The summed E-state index contributed by atoms with van der Waals surface area (Å²) in [5, 5.41) is 0. The van der Waals surface area contributed by atoms with Gasteiger partial charge in [-0.2, -0.15) is 0 Å². The molecule has 0 N–H and O–H groups in total. The number of hydrogen-bond acceptors (Lipinski definition) is 2. The maximum absolute atomic E-state index is 11.3. The minimum absolute atomic E-state index is 0.221. The van der Waals surface area contributed by atoms with Crippen LogP contribution in [0.5, 0.6) is 0 Å². The van der Waals surface area contributed by atoms with Crippen molar-refractivity contribution in [2.75, 3.05) is 13.1 Å². The molecule has 1 aliphatic heterocycles. The van der Waals surface area contributed by atoms with Crippen molar-refractivity contribution < 1.29 is 9.59 Å². The number of ketones is 1. The van der Waals surface area contributed by atoms with Crippen molar-refractivity contribution in [1.82, 2.24) is 4.90 Å². The molecule has 0 bridgehead atoms. The second-order valence-corrected chi connectivity index (χ2v) is 4.01. The van der Waals surface area contributed by atoms with Crippen LogP contribution in [0.25, 0.3) is 0 Å². The van der Waals surface area contributed by atoms with Crippen LogP contribution in [0.3, 0.4) is 0 Å². The zero-order valence-corrected chi connectivity index (χ0v) is 8.29. The van der Waals surface area contributed by atoms with Crippen LogP contribution in [-0.4, -0.2) is 29.7 Å². The van der Waals surface area contributed by atoms with E-state index in [0.29, 0.717) is 19.5 Å². The molecule has 2 rings (SSSR count). The predicted octanol–water partition coefficient (Wildman–Crippen LogP) is 1.29. The fourth-order valence-corrected chi connectivity index (χ4v) is 2.07. The quantitative estimate of drug-likeness (QED) is 0.489. The lowest BCUT2D eigenvalue weighted by Crippen LogP contribution is -2.29. The summed E-state index contributed by atoms with van der Waals surface area (Å²) in [6, 6.07) is 0. The number of rotatable bonds is 2. The van der Waals surface area contributed by atoms with Crippen molar-refractivity contribution in [2.24, 2.45) is 0 Å². The third-order valence-corrected chi connectivity index (χ3v) is 2.91. The van der Waals surface area contributed by atoms with Crippen molar-refractivity contribution in [3.05, 3.63) is 11.6 Å². The van der Waals surface area contributed by atoms with Crippen molar-refractivity contribution in [3.8, 4) is 0 Å². The zero-order valence-electron chi connectivity index (χ0n) is 8.29. The molecule has 1 saturated heterocycles. The highest BCUT2D eigenvalue weighted by atomic mass is 16.2. The standard InChI is InChI=1S/C11H15NO2/c13-10-6-7-12(11(10)14)8-9-4-2-1-3-5-9/h4H,1-3,5-8H2. The van der Waals surface area contributed by atoms with E-state index in [0.717, 1.165) is 12.8 Å². The van der Waals surface area contributed by atoms with Gasteiger partial charge in [-0.15, -0.1) is 0 Å². The Balaban J connectivity index is 1.94. The zero-order chi connectivity index (χ0) is 9.97. The second-order valence-electron chi connectivity index (χ2n) is 4.01. The average molecular weight is 193 g/mol. The molecule has 0 aromatic carbocycles. The van der Waals surface area contributed by atoms with E-state index in [1.165, 1.54) is 18.4 Å². The highest BCUT2D eigenvalue weighted by molar-refractivity contribution is 6.37. The van der Waals surface area contributed by atoms with Gasteiger partial charge in [-0.05, 0) is 25.7 Å². The molecule has 14 heavy (non-hydrogen) atoms. The van der Waals surface area contributed by atoms with Gasteiger partial charge in [0.25, 0.3) is 5.91 Å². The first-order valence-electron chi connectivity index (χ1n) is 5.27. The summed E-state index contributed by atoms with van der Waals surface area (Å²) in [6.07, 6.45) is 7.34. The Morgan fingerprint density at radius 1 is 1.21 bits per heavy atom. The van der Waals surface area contributed by atoms with Gasteiger partial charge in [-0.3, -0.25) is 9.59 Å². The van der Waals surface area contributed by atoms with E-state index in [-0.39, 0.29) is 11.7 Å². The molecule has 3 heteroatoms. The first-order valence-corrected chi connectivity index (χ1v) is 5.27. The summed E-state index contributed by atoms with van der Waals surface area (Å²) in [7, 11) is 0. The normalized spacial score (nSPS) is 22.9. The maximum Gasteiger partial charge on any atom is 0.290 e. The van der Waals surface area contributed by atoms with Crippen LogP contribution < -0.4 is 0 Å². The van der Waals surface area contributed by atoms with E-state index in [1.807, 2.05) is 0 Å². The maximum atomic E-state index is 11.3. The van der Waals surface area contributed by atoms with E-state index >= 15 is 0 Å². The lowest BCUT2D eigenvalue weighted by molar-refractivity contribution is -0.139. The molecule has 2 aliphatic rings. The highest BCUT2D eigenvalue weighted by Gasteiger charge is 2.29. The number of allylic oxidation sites excluding steroid dienone is 1. The molecule has 0 radical (unpaired) electrons. The van der Waals surface area contributed by atoms with E-state index in [2.05, 4.69) is 6.08 Å². The number of likely N-dealkylation sites (tertiary alicyclic amines) is 1. The highest BCUT2D eigenvalue weighted by Crippen LogP contribution is 2.19. The summed E-state index contributed by atoms with van der Waals surface area (Å²) in [4.78, 5) is 24.0. The lowest BCUT2D eigenvalue weighted by atomic mass is 9.99. The summed E-state index contributed by atoms with van der Waals surface area (Å²) in [5.41, 5.74) is 1.33. The topological polar surface area (TPSA) is 37.4 Å². The molecule has 0 saturated carbocycles. The van der Waals surface area contributed by atoms with Crippen LogP contribution in [-0.2, 0) is 9.59 Å². The van der Waals surface area contributed by atoms with E-state index in [1.54, 1.807) is 4.90 Å². The van der Waals surface area contributed by atoms with Crippen LogP contribution in [0.4, 0.5) is 0 Å². The molecule has 1 fully saturated rings. The van der Waals surface area contributed by atoms with Crippen molar-refractivity contribution >= 4 is 11.7 Å². The third-order valence-electron chi connectivity index (χ3n) is 2.91. The number of Topliss-reactive ketones (excluding diaryl/α,β-unsaturated/α-hetero) is 1. The van der Waals surface area contributed by atoms with Gasteiger partial charge >= 0.3 is 0 Å². The minimum atomic E-state index is -0.281. The summed E-state index contributed by atoms with van der Waals surface area (Å²) >= 11 is 0. The van der Waals surface area contributed by atoms with Crippen LogP contribution in [0.2, 0.25) is 0 Å². The van der Waals surface area contributed by atoms with Crippen LogP contribution in [0.1, 0.15) is 32.1 Å². The molecule has 1 heterocycles. The van der Waals surface area contributed by atoms with Gasteiger partial charge < -0.3 is 4.90 Å². The number of carbonyl (C=O) groups is 2. The Morgan fingerprint density at radius 2 is 2.07 bits per heavy atom. The van der Waals surface area contributed by atoms with Crippen molar-refractivity contribution in [1.29, 1.82) is 0 Å². The first kappa shape index (κ1) is 9.44. The van der Waals surface area contributed by atoms with Gasteiger partial charge in [-0.1, -0.05) is 11.6 Å². The van der Waals surface area contributed by atoms with E-state index in [9.17, 15) is 9.59 Å². The van der Waals surface area contributed by atoms with Crippen molar-refractivity contribution in [3.63, 3.8) is 0 Å². The molecular weight excluding hydrogens is 178 g/mol. The van der Waals surface area contributed by atoms with Gasteiger partial charge in [0.05, 0.1) is 0 Å². The Bertz CT molecular complexity index is 294. The Morgan fingerprint density at radius 3 is 2.64 bits per heavy atom. The molecule has 1 aliphatic carbocycles. The number of amides is 1. The molecule has 0 unspecified atom stereocenters. The monoisotopic (exact) mass is 193 g/mol. The van der Waals surface area contributed by atoms with Gasteiger partial charge in [0, 0.05) is 19.5 Å². The molecule has 0 aromatic heterocycles. The van der Waals surface area contributed by atoms with Crippen LogP contribution in [0, 0.1) is 0 Å². The minimum Gasteiger partial charge on any atom is -0.332 e. The van der Waals surface area contributed by atoms with Gasteiger partial charge in [0.1, 0.15) is 0 Å². The van der Waals surface area contributed by atoms with Gasteiger partial charge in [0.15, 0.2) is 0 Å². The van der Waals surface area contributed by atoms with Gasteiger partial charge in [-0.25, -0.2) is 0 Å². The first-order chi connectivity index (χ1) is 6.77. The smallest absolute Gasteiger partial charge is 0.290 e. The fraction of sp³-hybridized carbons (Fsp3) is 0.636. The summed E-state index contributed by atoms with van der Waals surface area (Å²) < 4.78 is 0. The van der Waals surface area contributed by atoms with Crippen LogP contribution >= 0.6 is 0 Å². The Kier molecular flexibility index (Phi) is 2.66. The Labute approximate surface area is 83.8 Å². The summed E-state index contributed by atoms with van der Waals surface area (Å²) in [5.74, 6) is -0.502. The predicted molar refractivity (Wildman–Crippen MR) is 52.8 cm³/mol. The molecule has 1 amide bonds. The number of hydrogen-bond donors (Lipinski definition) is 0. The second kappa shape index (κ2) is 3.95. The van der Waals surface area contributed by atoms with Crippen LogP contribution in [0.15, 0.2) is 11.6 Å². The fourth-order valence-electron chi connectivity index (χ4n) is 2.07. The largest absolute Gasteiger partial charge is 0.332 e. The average Bonchev–Trinajstić information content (AvgIpc) is 2.52. The third kappa shape index (κ3) is 1.86. The molecule has 0 atom stereocenters. The van der Waals surface area contributed by atoms with E-state index in [4.69, 9.17) is 0 Å². The van der Waals surface area contributed by atoms with E-state index < -0.39 is 0 Å². The molecule has 0 aromatic rings. The van der Waals surface area contributed by atoms with Crippen molar-refractivity contribution in [2.45, 2.75) is 32.1 Å². The molecule has 0 spiro atoms. The SMILES string of the molecule is O=C1CCN(CC2=CCCCC2)C1=O. The number of carbonyl (C=O) groups excluding carboxylic acids is 2. The Hall–Kier alpha value is -1.12. The lowest BCUT2D eigenvalue weighted by Gasteiger charge is -2.19. The van der Waals surface area contributed by atoms with Gasteiger partial charge in [0.2, 0.25) is 5.78 Å². The molecular formula is C11H15NO2. The number of nitrogens with zero attached hydrogens (tertiary/aromatic N) is 1.